The highest BCUT2D eigenvalue weighted by Crippen LogP contribution is 2.10. The third kappa shape index (κ3) is 3.26. The molecule has 0 spiro atoms. The summed E-state index contributed by atoms with van der Waals surface area (Å²) < 4.78 is 0. The molecule has 0 bridgehead atoms. The van der Waals surface area contributed by atoms with Crippen LogP contribution in [0, 0.1) is 6.92 Å². The van der Waals surface area contributed by atoms with E-state index in [4.69, 9.17) is 5.73 Å². The van der Waals surface area contributed by atoms with Gasteiger partial charge in [0.1, 0.15) is 5.69 Å². The Morgan fingerprint density at radius 2 is 2.00 bits per heavy atom. The minimum atomic E-state index is -0.217. The van der Waals surface area contributed by atoms with Gasteiger partial charge >= 0.3 is 0 Å². The van der Waals surface area contributed by atoms with Gasteiger partial charge in [0.05, 0.1) is 5.56 Å². The second-order valence-corrected chi connectivity index (χ2v) is 3.75. The Bertz CT molecular complexity index is 552. The quantitative estimate of drug-likeness (QED) is 0.746. The molecule has 2 aromatic rings. The van der Waals surface area contributed by atoms with Gasteiger partial charge in [-0.05, 0) is 19.1 Å². The summed E-state index contributed by atoms with van der Waals surface area (Å²) in [6, 6.07) is 3.28. The molecule has 0 saturated heterocycles. The van der Waals surface area contributed by atoms with Crippen molar-refractivity contribution in [2.75, 3.05) is 13.1 Å². The van der Waals surface area contributed by atoms with Crippen LogP contribution in [0.4, 0.5) is 0 Å². The molecule has 3 N–H and O–H groups in total. The molecule has 0 saturated carbocycles. The van der Waals surface area contributed by atoms with Crippen LogP contribution in [0.1, 0.15) is 16.2 Å². The molecule has 19 heavy (non-hydrogen) atoms. The molecule has 0 aliphatic rings. The fourth-order valence-corrected chi connectivity index (χ4v) is 1.33. The maximum atomic E-state index is 11.6. The highest BCUT2D eigenvalue weighted by atomic mass is 16.1. The standard InChI is InChI=1S/C11H13N7O/c1-7-15-17-10(18-16-7)9-3-2-8(6-14-9)11(19)13-5-4-12/h2-3,6H,4-5,12H2,1H3,(H,13,19). The first-order valence-corrected chi connectivity index (χ1v) is 5.69. The number of carbonyl (C=O) groups excluding carboxylic acids is 1. The van der Waals surface area contributed by atoms with E-state index in [0.29, 0.717) is 36.0 Å². The average molecular weight is 259 g/mol. The van der Waals surface area contributed by atoms with Crippen molar-refractivity contribution >= 4 is 5.91 Å². The third-order valence-electron chi connectivity index (χ3n) is 2.26. The molecule has 0 aromatic carbocycles. The third-order valence-corrected chi connectivity index (χ3v) is 2.26. The molecular weight excluding hydrogens is 246 g/mol. The summed E-state index contributed by atoms with van der Waals surface area (Å²) in [5, 5.41) is 18.0. The molecule has 2 rings (SSSR count). The monoisotopic (exact) mass is 259 g/mol. The van der Waals surface area contributed by atoms with Gasteiger partial charge in [-0.3, -0.25) is 9.78 Å². The Balaban J connectivity index is 2.14. The van der Waals surface area contributed by atoms with Gasteiger partial charge < -0.3 is 11.1 Å². The van der Waals surface area contributed by atoms with Crippen molar-refractivity contribution in [2.45, 2.75) is 6.92 Å². The van der Waals surface area contributed by atoms with Crippen LogP contribution in [0.3, 0.4) is 0 Å². The molecule has 98 valence electrons. The topological polar surface area (TPSA) is 120 Å². The van der Waals surface area contributed by atoms with E-state index < -0.39 is 0 Å². The summed E-state index contributed by atoms with van der Waals surface area (Å²) >= 11 is 0. The van der Waals surface area contributed by atoms with E-state index in [-0.39, 0.29) is 5.91 Å². The van der Waals surface area contributed by atoms with Crippen LogP contribution < -0.4 is 11.1 Å². The molecule has 8 nitrogen and oxygen atoms in total. The Labute approximate surface area is 109 Å². The molecule has 2 aromatic heterocycles. The Morgan fingerprint density at radius 3 is 2.58 bits per heavy atom. The minimum absolute atomic E-state index is 0.217. The minimum Gasteiger partial charge on any atom is -0.351 e. The lowest BCUT2D eigenvalue weighted by Gasteiger charge is -2.03. The number of carbonyl (C=O) groups is 1. The molecular formula is C11H13N7O. The Morgan fingerprint density at radius 1 is 1.26 bits per heavy atom. The van der Waals surface area contributed by atoms with Gasteiger partial charge in [-0.25, -0.2) is 0 Å². The van der Waals surface area contributed by atoms with Gasteiger partial charge in [0, 0.05) is 19.3 Å². The number of nitrogens with one attached hydrogen (secondary N) is 1. The van der Waals surface area contributed by atoms with E-state index in [0.717, 1.165) is 0 Å². The van der Waals surface area contributed by atoms with E-state index in [1.54, 1.807) is 19.1 Å². The van der Waals surface area contributed by atoms with Crippen LogP contribution in [0.2, 0.25) is 0 Å². The summed E-state index contributed by atoms with van der Waals surface area (Å²) in [5.74, 6) is 0.589. The van der Waals surface area contributed by atoms with Gasteiger partial charge in [0.2, 0.25) is 5.82 Å². The highest BCUT2D eigenvalue weighted by molar-refractivity contribution is 5.94. The van der Waals surface area contributed by atoms with Crippen LogP contribution in [0.5, 0.6) is 0 Å². The van der Waals surface area contributed by atoms with Crippen molar-refractivity contribution in [3.8, 4) is 11.5 Å². The Kier molecular flexibility index (Phi) is 4.04. The Hall–Kier alpha value is -2.48. The lowest BCUT2D eigenvalue weighted by Crippen LogP contribution is -2.29. The zero-order valence-electron chi connectivity index (χ0n) is 10.4. The summed E-state index contributed by atoms with van der Waals surface area (Å²) in [6.07, 6.45) is 1.45. The first-order valence-electron chi connectivity index (χ1n) is 5.69. The highest BCUT2D eigenvalue weighted by Gasteiger charge is 2.08. The summed E-state index contributed by atoms with van der Waals surface area (Å²) in [5.41, 5.74) is 6.27. The van der Waals surface area contributed by atoms with Gasteiger partial charge in [0.15, 0.2) is 5.82 Å². The zero-order chi connectivity index (χ0) is 13.7. The van der Waals surface area contributed by atoms with Gasteiger partial charge in [0.25, 0.3) is 5.91 Å². The maximum Gasteiger partial charge on any atom is 0.252 e. The molecule has 1 amide bonds. The molecule has 0 fully saturated rings. The number of hydrogen-bond acceptors (Lipinski definition) is 7. The van der Waals surface area contributed by atoms with Crippen molar-refractivity contribution < 1.29 is 4.79 Å². The van der Waals surface area contributed by atoms with Crippen LogP contribution in [-0.2, 0) is 0 Å². The van der Waals surface area contributed by atoms with Crippen LogP contribution in [0.25, 0.3) is 11.5 Å². The first kappa shape index (κ1) is 13.0. The van der Waals surface area contributed by atoms with E-state index in [1.807, 2.05) is 0 Å². The number of nitrogens with two attached hydrogens (primary N) is 1. The predicted molar refractivity (Wildman–Crippen MR) is 67.0 cm³/mol. The largest absolute Gasteiger partial charge is 0.351 e. The molecule has 0 unspecified atom stereocenters. The fourth-order valence-electron chi connectivity index (χ4n) is 1.33. The van der Waals surface area contributed by atoms with Crippen molar-refractivity contribution in [3.63, 3.8) is 0 Å². The maximum absolute atomic E-state index is 11.6. The average Bonchev–Trinajstić information content (AvgIpc) is 2.46. The van der Waals surface area contributed by atoms with Crippen LogP contribution >= 0.6 is 0 Å². The van der Waals surface area contributed by atoms with Crippen molar-refractivity contribution in [1.29, 1.82) is 0 Å². The number of hydrogen-bond donors (Lipinski definition) is 2. The molecule has 0 radical (unpaired) electrons. The fraction of sp³-hybridized carbons (Fsp3) is 0.273. The summed E-state index contributed by atoms with van der Waals surface area (Å²) in [4.78, 5) is 15.7. The zero-order valence-corrected chi connectivity index (χ0v) is 10.4. The van der Waals surface area contributed by atoms with Gasteiger partial charge in [-0.1, -0.05) is 0 Å². The van der Waals surface area contributed by atoms with E-state index in [2.05, 4.69) is 30.7 Å². The number of aryl methyl sites for hydroxylation is 1. The van der Waals surface area contributed by atoms with Crippen LogP contribution in [0.15, 0.2) is 18.3 Å². The van der Waals surface area contributed by atoms with E-state index in [1.165, 1.54) is 6.20 Å². The van der Waals surface area contributed by atoms with Crippen molar-refractivity contribution in [3.05, 3.63) is 29.7 Å². The molecule has 0 atom stereocenters. The predicted octanol–water partition coefficient (Wildman–Crippen LogP) is -0.674. The molecule has 0 aliphatic carbocycles. The SMILES string of the molecule is Cc1nnc(-c2ccc(C(=O)NCCN)cn2)nn1. The first-order chi connectivity index (χ1) is 9.20. The van der Waals surface area contributed by atoms with Crippen molar-refractivity contribution in [2.24, 2.45) is 5.73 Å². The second-order valence-electron chi connectivity index (χ2n) is 3.75. The normalized spacial score (nSPS) is 10.2. The van der Waals surface area contributed by atoms with E-state index in [9.17, 15) is 4.79 Å². The number of pyridine rings is 1. The smallest absolute Gasteiger partial charge is 0.252 e. The van der Waals surface area contributed by atoms with Crippen molar-refractivity contribution in [1.82, 2.24) is 30.7 Å². The number of rotatable bonds is 4. The summed E-state index contributed by atoms with van der Waals surface area (Å²) in [6.45, 7) is 2.52. The lowest BCUT2D eigenvalue weighted by atomic mass is 10.2. The molecule has 0 aliphatic heterocycles. The molecule has 8 heteroatoms. The molecule has 2 heterocycles. The van der Waals surface area contributed by atoms with Gasteiger partial charge in [-0.15, -0.1) is 20.4 Å². The van der Waals surface area contributed by atoms with E-state index >= 15 is 0 Å². The number of nitrogens with zero attached hydrogens (tertiary/aromatic N) is 5. The van der Waals surface area contributed by atoms with Gasteiger partial charge in [-0.2, -0.15) is 0 Å². The number of aromatic nitrogens is 5. The van der Waals surface area contributed by atoms with Crippen LogP contribution in [-0.4, -0.2) is 44.4 Å². The lowest BCUT2D eigenvalue weighted by molar-refractivity contribution is 0.0954. The summed E-state index contributed by atoms with van der Waals surface area (Å²) in [7, 11) is 0. The second kappa shape index (κ2) is 5.91. The number of amides is 1.